The minimum Gasteiger partial charge on any atom is -0.508 e. The van der Waals surface area contributed by atoms with E-state index in [4.69, 9.17) is 0 Å². The second kappa shape index (κ2) is 10.8. The molecule has 0 bridgehead atoms. The number of rotatable bonds is 10. The summed E-state index contributed by atoms with van der Waals surface area (Å²) < 4.78 is 0. The van der Waals surface area contributed by atoms with Gasteiger partial charge in [-0.3, -0.25) is 0 Å². The molecule has 7 atom stereocenters. The first-order valence-corrected chi connectivity index (χ1v) is 14.2. The molecule has 0 aliphatic heterocycles. The molecule has 2 nitrogen and oxygen atoms in total. The molecule has 4 rings (SSSR count). The zero-order valence-corrected chi connectivity index (χ0v) is 21.8. The minimum absolute atomic E-state index is 0.114. The molecular weight excluding hydrogens is 424 g/mol. The van der Waals surface area contributed by atoms with Crippen LogP contribution >= 0.6 is 12.6 Å². The molecule has 2 saturated carbocycles. The van der Waals surface area contributed by atoms with E-state index in [1.165, 1.54) is 74.5 Å². The Morgan fingerprint density at radius 3 is 2.61 bits per heavy atom. The van der Waals surface area contributed by atoms with Gasteiger partial charge in [0.15, 0.2) is 0 Å². The summed E-state index contributed by atoms with van der Waals surface area (Å²) in [6, 6.07) is 6.13. The van der Waals surface area contributed by atoms with Crippen molar-refractivity contribution in [3.05, 3.63) is 41.5 Å². The quantitative estimate of drug-likeness (QED) is 0.185. The van der Waals surface area contributed by atoms with E-state index in [1.807, 2.05) is 12.1 Å². The van der Waals surface area contributed by atoms with Gasteiger partial charge in [-0.2, -0.15) is 12.6 Å². The Balaban J connectivity index is 1.34. The van der Waals surface area contributed by atoms with Crippen molar-refractivity contribution in [2.45, 2.75) is 115 Å². The molecule has 1 aromatic rings. The Morgan fingerprint density at radius 1 is 1.12 bits per heavy atom. The number of thiol groups is 1. The van der Waals surface area contributed by atoms with Crippen LogP contribution in [0.4, 0.5) is 0 Å². The lowest BCUT2D eigenvalue weighted by Crippen LogP contribution is -2.47. The van der Waals surface area contributed by atoms with Gasteiger partial charge in [-0.25, -0.2) is 0 Å². The number of hydrogen-bond acceptors (Lipinski definition) is 3. The maximum absolute atomic E-state index is 10.8. The van der Waals surface area contributed by atoms with E-state index < -0.39 is 0 Å². The van der Waals surface area contributed by atoms with Gasteiger partial charge >= 0.3 is 0 Å². The van der Waals surface area contributed by atoms with Crippen LogP contribution in [0.15, 0.2) is 30.4 Å². The average molecular weight is 471 g/mol. The lowest BCUT2D eigenvalue weighted by Gasteiger charge is -2.53. The van der Waals surface area contributed by atoms with E-state index in [1.54, 1.807) is 0 Å². The summed E-state index contributed by atoms with van der Waals surface area (Å²) >= 11 is 4.61. The van der Waals surface area contributed by atoms with Crippen molar-refractivity contribution >= 4 is 12.6 Å². The first-order chi connectivity index (χ1) is 15.8. The number of aliphatic hydroxyl groups is 1. The second-order valence-corrected chi connectivity index (χ2v) is 12.5. The molecule has 4 unspecified atom stereocenters. The predicted molar refractivity (Wildman–Crippen MR) is 142 cm³/mol. The standard InChI is InChI=1S/C30H46O2S/c1-20(2)27(33)11-9-7-5-4-6-8-10-21-18-22-19-23(31)12-13-24(22)25-16-17-30(3)26(29(21)25)14-15-28(30)32/h12-13,19,21,25-29,31-33H,1,4-11,14-18H2,2-3H3/t21-,25?,26?,27?,28+,29?,30+/m1/s1. The number of phenols is 1. The maximum Gasteiger partial charge on any atom is 0.115 e. The highest BCUT2D eigenvalue weighted by Gasteiger charge is 2.56. The fraction of sp³-hybridized carbons (Fsp3) is 0.733. The highest BCUT2D eigenvalue weighted by atomic mass is 32.1. The molecule has 33 heavy (non-hydrogen) atoms. The van der Waals surface area contributed by atoms with Gasteiger partial charge in [0.1, 0.15) is 5.75 Å². The number of phenolic OH excluding ortho intramolecular Hbond substituents is 1. The van der Waals surface area contributed by atoms with Crippen LogP contribution in [-0.4, -0.2) is 21.6 Å². The third kappa shape index (κ3) is 5.35. The van der Waals surface area contributed by atoms with Gasteiger partial charge in [0.25, 0.3) is 0 Å². The third-order valence-electron chi connectivity index (χ3n) is 9.71. The molecule has 0 amide bonds. The molecule has 2 N–H and O–H groups in total. The van der Waals surface area contributed by atoms with Gasteiger partial charge in [-0.15, -0.1) is 0 Å². The van der Waals surface area contributed by atoms with Gasteiger partial charge in [-0.1, -0.05) is 63.7 Å². The van der Waals surface area contributed by atoms with Crippen molar-refractivity contribution in [3.8, 4) is 5.75 Å². The van der Waals surface area contributed by atoms with E-state index in [0.717, 1.165) is 25.7 Å². The molecule has 0 spiro atoms. The van der Waals surface area contributed by atoms with Gasteiger partial charge in [0.2, 0.25) is 0 Å². The SMILES string of the molecule is C=C(C)C(S)CCCCCCCC[C@@H]1Cc2cc(O)ccc2C2CC[C@@]3(C)C(CC[C@@H]3O)C21. The van der Waals surface area contributed by atoms with Crippen LogP contribution in [0.2, 0.25) is 0 Å². The van der Waals surface area contributed by atoms with Crippen LogP contribution in [0.3, 0.4) is 0 Å². The number of hydrogen-bond donors (Lipinski definition) is 3. The third-order valence-corrected chi connectivity index (χ3v) is 10.4. The van der Waals surface area contributed by atoms with Crippen LogP contribution in [0.5, 0.6) is 5.75 Å². The van der Waals surface area contributed by atoms with E-state index in [-0.39, 0.29) is 11.5 Å². The largest absolute Gasteiger partial charge is 0.508 e. The smallest absolute Gasteiger partial charge is 0.115 e. The van der Waals surface area contributed by atoms with Crippen molar-refractivity contribution in [2.24, 2.45) is 23.2 Å². The predicted octanol–water partition coefficient (Wildman–Crippen LogP) is 7.83. The molecular formula is C30H46O2S. The average Bonchev–Trinajstić information content (AvgIpc) is 3.09. The van der Waals surface area contributed by atoms with Crippen LogP contribution < -0.4 is 0 Å². The number of benzene rings is 1. The number of fused-ring (bicyclic) bond motifs is 5. The Bertz CT molecular complexity index is 820. The first-order valence-electron chi connectivity index (χ1n) is 13.6. The summed E-state index contributed by atoms with van der Waals surface area (Å²) in [7, 11) is 0. The minimum atomic E-state index is -0.118. The molecule has 0 aromatic heterocycles. The zero-order valence-electron chi connectivity index (χ0n) is 20.9. The summed E-state index contributed by atoms with van der Waals surface area (Å²) in [6.07, 6.45) is 15.8. The molecule has 0 saturated heterocycles. The summed E-state index contributed by atoms with van der Waals surface area (Å²) in [5.41, 5.74) is 4.19. The molecule has 3 aliphatic rings. The van der Waals surface area contributed by atoms with E-state index in [0.29, 0.717) is 34.7 Å². The number of unbranched alkanes of at least 4 members (excludes halogenated alkanes) is 5. The number of aliphatic hydroxyl groups excluding tert-OH is 1. The molecule has 3 heteroatoms. The molecule has 0 heterocycles. The number of aromatic hydroxyl groups is 1. The van der Waals surface area contributed by atoms with Gasteiger partial charge in [0.05, 0.1) is 6.10 Å². The highest BCUT2D eigenvalue weighted by molar-refractivity contribution is 7.81. The highest BCUT2D eigenvalue weighted by Crippen LogP contribution is 2.62. The molecule has 184 valence electrons. The summed E-state index contributed by atoms with van der Waals surface area (Å²) in [4.78, 5) is 0. The molecule has 0 radical (unpaired) electrons. The van der Waals surface area contributed by atoms with E-state index >= 15 is 0 Å². The van der Waals surface area contributed by atoms with Crippen molar-refractivity contribution in [2.75, 3.05) is 0 Å². The first kappa shape index (κ1) is 25.2. The zero-order chi connectivity index (χ0) is 23.6. The summed E-state index contributed by atoms with van der Waals surface area (Å²) in [5.74, 6) is 3.08. The Kier molecular flexibility index (Phi) is 8.22. The van der Waals surface area contributed by atoms with Crippen LogP contribution in [0.1, 0.15) is 108 Å². The van der Waals surface area contributed by atoms with Crippen molar-refractivity contribution in [1.29, 1.82) is 0 Å². The van der Waals surface area contributed by atoms with Gasteiger partial charge < -0.3 is 10.2 Å². The van der Waals surface area contributed by atoms with E-state index in [2.05, 4.69) is 39.1 Å². The van der Waals surface area contributed by atoms with Crippen molar-refractivity contribution < 1.29 is 10.2 Å². The molecule has 3 aliphatic carbocycles. The maximum atomic E-state index is 10.8. The van der Waals surface area contributed by atoms with Crippen molar-refractivity contribution in [1.82, 2.24) is 0 Å². The summed E-state index contributed by atoms with van der Waals surface area (Å²) in [5, 5.41) is 21.3. The normalized spacial score (nSPS) is 33.8. The van der Waals surface area contributed by atoms with Crippen LogP contribution in [0.25, 0.3) is 0 Å². The van der Waals surface area contributed by atoms with Crippen LogP contribution in [0, 0.1) is 23.2 Å². The fourth-order valence-corrected chi connectivity index (χ4v) is 7.91. The monoisotopic (exact) mass is 470 g/mol. The summed E-state index contributed by atoms with van der Waals surface area (Å²) in [6.45, 7) is 8.46. The van der Waals surface area contributed by atoms with E-state index in [9.17, 15) is 10.2 Å². The lowest BCUT2D eigenvalue weighted by atomic mass is 9.52. The second-order valence-electron chi connectivity index (χ2n) is 11.8. The van der Waals surface area contributed by atoms with Crippen LogP contribution in [-0.2, 0) is 6.42 Å². The Labute approximate surface area is 207 Å². The Morgan fingerprint density at radius 2 is 1.85 bits per heavy atom. The Hall–Kier alpha value is -0.930. The fourth-order valence-electron chi connectivity index (χ4n) is 7.73. The lowest BCUT2D eigenvalue weighted by molar-refractivity contribution is -0.0396. The molecule has 1 aromatic carbocycles. The van der Waals surface area contributed by atoms with Crippen molar-refractivity contribution in [3.63, 3.8) is 0 Å². The topological polar surface area (TPSA) is 40.5 Å². The van der Waals surface area contributed by atoms with Gasteiger partial charge in [0, 0.05) is 5.25 Å². The van der Waals surface area contributed by atoms with Gasteiger partial charge in [-0.05, 0) is 104 Å². The molecule has 2 fully saturated rings.